The minimum absolute atomic E-state index is 1.23. The highest BCUT2D eigenvalue weighted by Crippen LogP contribution is 2.21. The summed E-state index contributed by atoms with van der Waals surface area (Å²) in [6, 6.07) is 2.97. The second kappa shape index (κ2) is 24.7. The number of hydrogen-bond donors (Lipinski definition) is 1. The molecule has 0 aromatic heterocycles. The molecule has 0 spiro atoms. The topological polar surface area (TPSA) is 12.0 Å². The Morgan fingerprint density at radius 2 is 0.514 bits per heavy atom. The van der Waals surface area contributed by atoms with E-state index in [1.54, 1.807) is 0 Å². The molecule has 0 radical (unpaired) electrons. The summed E-state index contributed by atoms with van der Waals surface area (Å²) in [5.41, 5.74) is 0. The Hall–Kier alpha value is 0.394. The van der Waals surface area contributed by atoms with Gasteiger partial charge in [0, 0.05) is 0 Å². The minimum atomic E-state index is -1.23. The van der Waals surface area contributed by atoms with Crippen LogP contribution in [0.15, 0.2) is 0 Å². The van der Waals surface area contributed by atoms with Crippen molar-refractivity contribution in [3.63, 3.8) is 0 Å². The van der Waals surface area contributed by atoms with Gasteiger partial charge >= 0.3 is 0 Å². The van der Waals surface area contributed by atoms with Crippen molar-refractivity contribution < 1.29 is 0 Å². The molecule has 0 atom stereocenters. The van der Waals surface area contributed by atoms with Gasteiger partial charge in [-0.25, -0.2) is 0 Å². The third kappa shape index (κ3) is 27.2. The lowest BCUT2D eigenvalue weighted by Gasteiger charge is -2.35. The van der Waals surface area contributed by atoms with Crippen LogP contribution in [0.25, 0.3) is 0 Å². The van der Waals surface area contributed by atoms with Gasteiger partial charge in [-0.1, -0.05) is 194 Å². The van der Waals surface area contributed by atoms with Crippen molar-refractivity contribution in [1.29, 1.82) is 0 Å². The molecule has 3 heteroatoms. The van der Waals surface area contributed by atoms with E-state index >= 15 is 0 Å². The Morgan fingerprint density at radius 3 is 0.743 bits per heavy atom. The molecule has 35 heavy (non-hydrogen) atoms. The van der Waals surface area contributed by atoms with Crippen LogP contribution in [0.4, 0.5) is 0 Å². The maximum Gasteiger partial charge on any atom is 0.112 e. The number of hydrogen-bond acceptors (Lipinski definition) is 1. The maximum absolute atomic E-state index is 4.29. The molecule has 0 aliphatic heterocycles. The smallest absolute Gasteiger partial charge is 0.112 e. The highest BCUT2D eigenvalue weighted by molar-refractivity contribution is 6.91. The molecule has 0 heterocycles. The quantitative estimate of drug-likeness (QED) is 0.0790. The summed E-state index contributed by atoms with van der Waals surface area (Å²) in [5.74, 6) is 0. The molecule has 0 aliphatic rings. The zero-order valence-corrected chi connectivity index (χ0v) is 27.9. The van der Waals surface area contributed by atoms with Crippen molar-refractivity contribution in [3.8, 4) is 0 Å². The minimum Gasteiger partial charge on any atom is -0.359 e. The van der Waals surface area contributed by atoms with Gasteiger partial charge < -0.3 is 4.65 Å². The molecule has 0 saturated heterocycles. The van der Waals surface area contributed by atoms with E-state index in [1.165, 1.54) is 166 Å². The van der Waals surface area contributed by atoms with Gasteiger partial charge in [-0.2, -0.15) is 0 Å². The Balaban J connectivity index is 3.60. The van der Waals surface area contributed by atoms with Gasteiger partial charge in [0.25, 0.3) is 0 Å². The average molecular weight is 526 g/mol. The highest BCUT2D eigenvalue weighted by atomic mass is 28.4. The van der Waals surface area contributed by atoms with Gasteiger partial charge in [-0.3, -0.25) is 0 Å². The van der Waals surface area contributed by atoms with Crippen molar-refractivity contribution >= 4 is 16.5 Å². The van der Waals surface area contributed by atoms with Gasteiger partial charge in [0.1, 0.15) is 16.5 Å². The standard InChI is InChI=1S/C32H71NSi2/c1-7-9-11-13-15-17-19-21-23-25-27-29-31-34(3,4)33-35(5,6)32-30-28-26-24-22-20-18-16-14-12-10-8-2/h33H,7-32H2,1-6H3. The summed E-state index contributed by atoms with van der Waals surface area (Å²) < 4.78 is 4.29. The first-order valence-electron chi connectivity index (χ1n) is 16.6. The molecule has 0 amide bonds. The fraction of sp³-hybridized carbons (Fsp3) is 1.00. The molecule has 0 unspecified atom stereocenters. The summed E-state index contributed by atoms with van der Waals surface area (Å²) in [6.45, 7) is 15.0. The summed E-state index contributed by atoms with van der Waals surface area (Å²) in [6.07, 6.45) is 35.1. The van der Waals surface area contributed by atoms with E-state index in [2.05, 4.69) is 44.7 Å². The van der Waals surface area contributed by atoms with E-state index in [0.29, 0.717) is 0 Å². The molecule has 0 saturated carbocycles. The number of nitrogens with one attached hydrogen (secondary N) is 1. The largest absolute Gasteiger partial charge is 0.359 e. The second-order valence-corrected chi connectivity index (χ2v) is 22.7. The van der Waals surface area contributed by atoms with Gasteiger partial charge in [0.15, 0.2) is 0 Å². The first-order chi connectivity index (χ1) is 16.8. The maximum atomic E-state index is 4.29. The summed E-state index contributed by atoms with van der Waals surface area (Å²) >= 11 is 0. The van der Waals surface area contributed by atoms with Crippen LogP contribution in [0.5, 0.6) is 0 Å². The van der Waals surface area contributed by atoms with Gasteiger partial charge in [-0.05, 0) is 12.1 Å². The van der Waals surface area contributed by atoms with E-state index < -0.39 is 16.5 Å². The molecule has 0 bridgehead atoms. The summed E-state index contributed by atoms with van der Waals surface area (Å²) in [4.78, 5) is 0. The van der Waals surface area contributed by atoms with Crippen LogP contribution in [-0.4, -0.2) is 16.5 Å². The van der Waals surface area contributed by atoms with E-state index in [-0.39, 0.29) is 0 Å². The lowest BCUT2D eigenvalue weighted by atomic mass is 10.1. The Bertz CT molecular complexity index is 384. The van der Waals surface area contributed by atoms with Crippen LogP contribution in [0, 0.1) is 0 Å². The summed E-state index contributed by atoms with van der Waals surface area (Å²) in [7, 11) is -2.45. The monoisotopic (exact) mass is 526 g/mol. The van der Waals surface area contributed by atoms with E-state index in [4.69, 9.17) is 0 Å². The Labute approximate surface area is 227 Å². The Kier molecular flexibility index (Phi) is 25.0. The lowest BCUT2D eigenvalue weighted by Crippen LogP contribution is -2.58. The molecule has 212 valence electrons. The first-order valence-corrected chi connectivity index (χ1v) is 23.0. The average Bonchev–Trinajstić information content (AvgIpc) is 2.79. The van der Waals surface area contributed by atoms with E-state index in [9.17, 15) is 0 Å². The molecule has 0 aromatic carbocycles. The van der Waals surface area contributed by atoms with Crippen molar-refractivity contribution in [2.24, 2.45) is 0 Å². The van der Waals surface area contributed by atoms with Crippen LogP contribution in [0.1, 0.15) is 168 Å². The van der Waals surface area contributed by atoms with Gasteiger partial charge in [0.05, 0.1) is 0 Å². The predicted molar refractivity (Wildman–Crippen MR) is 170 cm³/mol. The third-order valence-corrected chi connectivity index (χ3v) is 16.6. The van der Waals surface area contributed by atoms with Crippen LogP contribution >= 0.6 is 0 Å². The molecule has 1 N–H and O–H groups in total. The fourth-order valence-corrected chi connectivity index (χ4v) is 16.5. The molecule has 0 fully saturated rings. The normalized spacial score (nSPS) is 12.5. The van der Waals surface area contributed by atoms with Crippen LogP contribution in [0.2, 0.25) is 38.3 Å². The third-order valence-electron chi connectivity index (χ3n) is 7.99. The molecule has 0 rings (SSSR count). The zero-order valence-electron chi connectivity index (χ0n) is 25.9. The van der Waals surface area contributed by atoms with Crippen molar-refractivity contribution in [2.75, 3.05) is 0 Å². The molecule has 0 aliphatic carbocycles. The Morgan fingerprint density at radius 1 is 0.314 bits per heavy atom. The van der Waals surface area contributed by atoms with Gasteiger partial charge in [-0.15, -0.1) is 0 Å². The van der Waals surface area contributed by atoms with Crippen LogP contribution in [0.3, 0.4) is 0 Å². The molecular weight excluding hydrogens is 455 g/mol. The zero-order chi connectivity index (χ0) is 26.1. The van der Waals surface area contributed by atoms with Crippen LogP contribution in [-0.2, 0) is 0 Å². The van der Waals surface area contributed by atoms with E-state index in [1.807, 2.05) is 0 Å². The van der Waals surface area contributed by atoms with E-state index in [0.717, 1.165) is 0 Å². The van der Waals surface area contributed by atoms with Crippen molar-refractivity contribution in [3.05, 3.63) is 0 Å². The highest BCUT2D eigenvalue weighted by Gasteiger charge is 2.30. The van der Waals surface area contributed by atoms with Gasteiger partial charge in [0.2, 0.25) is 0 Å². The van der Waals surface area contributed by atoms with Crippen molar-refractivity contribution in [2.45, 2.75) is 206 Å². The molecule has 1 nitrogen and oxygen atoms in total. The first kappa shape index (κ1) is 35.4. The number of rotatable bonds is 28. The SMILES string of the molecule is CCCCCCCCCCCCCC[Si](C)(C)N[Si](C)(C)CCCCCCCCCCCCCC. The lowest BCUT2D eigenvalue weighted by molar-refractivity contribution is 0.547. The van der Waals surface area contributed by atoms with Crippen molar-refractivity contribution in [1.82, 2.24) is 4.65 Å². The predicted octanol–water partition coefficient (Wildman–Crippen LogP) is 12.4. The number of unbranched alkanes of at least 4 members (excludes halogenated alkanes) is 22. The molecular formula is C32H71NSi2. The summed E-state index contributed by atoms with van der Waals surface area (Å²) in [5, 5.41) is 0. The second-order valence-electron chi connectivity index (χ2n) is 13.2. The van der Waals surface area contributed by atoms with Crippen LogP contribution < -0.4 is 4.65 Å². The molecule has 0 aromatic rings. The fourth-order valence-electron chi connectivity index (χ4n) is 5.86.